The Labute approximate surface area is 114 Å². The van der Waals surface area contributed by atoms with Gasteiger partial charge in [-0.2, -0.15) is 16.8 Å². The van der Waals surface area contributed by atoms with E-state index in [1.54, 1.807) is 0 Å². The van der Waals surface area contributed by atoms with E-state index >= 15 is 0 Å². The Morgan fingerprint density at radius 2 is 0.895 bits per heavy atom. The second-order valence-electron chi connectivity index (χ2n) is 4.57. The van der Waals surface area contributed by atoms with Crippen molar-refractivity contribution in [2.24, 2.45) is 17.6 Å². The molecule has 0 rings (SSSR count). The van der Waals surface area contributed by atoms with E-state index in [4.69, 9.17) is 40.8 Å². The Kier molecular flexibility index (Phi) is 11.0. The van der Waals surface area contributed by atoms with Crippen molar-refractivity contribution in [3.05, 3.63) is 0 Å². The zero-order chi connectivity index (χ0) is 16.7. The van der Waals surface area contributed by atoms with Crippen molar-refractivity contribution in [3.63, 3.8) is 0 Å². The fourth-order valence-electron chi connectivity index (χ4n) is 0.667. The molecule has 0 amide bonds. The van der Waals surface area contributed by atoms with Gasteiger partial charge in [0, 0.05) is 5.54 Å². The first-order chi connectivity index (χ1) is 7.89. The highest BCUT2D eigenvalue weighted by Gasteiger charge is 2.26. The fraction of sp³-hybridized carbons (Fsp3) is 1.00. The highest BCUT2D eigenvalue weighted by atomic mass is 32.3. The Morgan fingerprint density at radius 1 is 0.789 bits per heavy atom. The minimum atomic E-state index is -4.67. The average Bonchev–Trinajstić information content (AvgIpc) is 1.96. The molecule has 0 saturated carbocycles. The van der Waals surface area contributed by atoms with Crippen LogP contribution in [0, 0.1) is 11.8 Å². The van der Waals surface area contributed by atoms with Crippen LogP contribution < -0.4 is 5.73 Å². The van der Waals surface area contributed by atoms with Crippen LogP contribution >= 0.6 is 0 Å². The lowest BCUT2D eigenvalue weighted by Crippen LogP contribution is -2.46. The molecule has 0 aromatic heterocycles. The molecule has 0 aromatic rings. The second kappa shape index (κ2) is 8.79. The van der Waals surface area contributed by atoms with Crippen molar-refractivity contribution >= 4 is 20.8 Å². The molecule has 11 heteroatoms. The van der Waals surface area contributed by atoms with E-state index in [-0.39, 0.29) is 5.54 Å². The molecule has 0 fully saturated rings. The fourth-order valence-corrected chi connectivity index (χ4v) is 0.667. The molecule has 120 valence electrons. The lowest BCUT2D eigenvalue weighted by molar-refractivity contribution is 0.250. The molecular formula is C8H23NO8S2. The van der Waals surface area contributed by atoms with Gasteiger partial charge in [0.25, 0.3) is 0 Å². The molecule has 0 saturated heterocycles. The van der Waals surface area contributed by atoms with Crippen molar-refractivity contribution in [2.45, 2.75) is 40.2 Å². The zero-order valence-electron chi connectivity index (χ0n) is 11.5. The number of hydrogen-bond acceptors (Lipinski definition) is 5. The first kappa shape index (κ1) is 23.8. The largest absolute Gasteiger partial charge is 0.394 e. The summed E-state index contributed by atoms with van der Waals surface area (Å²) < 4.78 is 63.2. The van der Waals surface area contributed by atoms with Crippen LogP contribution in [-0.2, 0) is 20.8 Å². The molecule has 9 nitrogen and oxygen atoms in total. The topological polar surface area (TPSA) is 175 Å². The Bertz CT molecular complexity index is 368. The monoisotopic (exact) mass is 325 g/mol. The number of nitrogens with two attached hydrogens (primary N) is 1. The summed E-state index contributed by atoms with van der Waals surface area (Å²) in [6, 6.07) is 0. The highest BCUT2D eigenvalue weighted by molar-refractivity contribution is 7.80. The zero-order valence-corrected chi connectivity index (χ0v) is 13.1. The maximum Gasteiger partial charge on any atom is 0.394 e. The highest BCUT2D eigenvalue weighted by Crippen LogP contribution is 2.21. The number of hydrogen-bond donors (Lipinski definition) is 5. The quantitative estimate of drug-likeness (QED) is 0.457. The summed E-state index contributed by atoms with van der Waals surface area (Å²) in [6.07, 6.45) is 0. The van der Waals surface area contributed by atoms with Crippen LogP contribution in [0.1, 0.15) is 34.6 Å². The Hall–Kier alpha value is -0.300. The maximum atomic E-state index is 8.74. The summed E-state index contributed by atoms with van der Waals surface area (Å²) in [4.78, 5) is 0. The van der Waals surface area contributed by atoms with E-state index in [1.165, 1.54) is 0 Å². The predicted molar refractivity (Wildman–Crippen MR) is 70.6 cm³/mol. The lowest BCUT2D eigenvalue weighted by atomic mass is 9.80. The lowest BCUT2D eigenvalue weighted by Gasteiger charge is -2.33. The van der Waals surface area contributed by atoms with Gasteiger partial charge in [-0.15, -0.1) is 0 Å². The number of rotatable bonds is 2. The predicted octanol–water partition coefficient (Wildman–Crippen LogP) is 0.710. The molecule has 6 N–H and O–H groups in total. The van der Waals surface area contributed by atoms with E-state index in [0.29, 0.717) is 11.8 Å². The Balaban J connectivity index is -0.000000219. The molecule has 0 aliphatic heterocycles. The van der Waals surface area contributed by atoms with Gasteiger partial charge in [0.1, 0.15) is 0 Å². The molecule has 0 bridgehead atoms. The molecule has 0 aromatic carbocycles. The molecule has 0 atom stereocenters. The van der Waals surface area contributed by atoms with Crippen LogP contribution in [0.4, 0.5) is 0 Å². The average molecular weight is 325 g/mol. The first-order valence-electron chi connectivity index (χ1n) is 5.07. The summed E-state index contributed by atoms with van der Waals surface area (Å²) in [6.45, 7) is 10.8. The molecule has 0 spiro atoms. The molecule has 0 radical (unpaired) electrons. The summed E-state index contributed by atoms with van der Waals surface area (Å²) in [5.74, 6) is 1.13. The van der Waals surface area contributed by atoms with Gasteiger partial charge >= 0.3 is 20.8 Å². The van der Waals surface area contributed by atoms with Crippen LogP contribution in [0.2, 0.25) is 0 Å². The molecule has 0 heterocycles. The van der Waals surface area contributed by atoms with Crippen LogP contribution in [-0.4, -0.2) is 40.6 Å². The molecule has 0 aliphatic rings. The van der Waals surface area contributed by atoms with Crippen molar-refractivity contribution in [3.8, 4) is 0 Å². The van der Waals surface area contributed by atoms with Gasteiger partial charge in [0.05, 0.1) is 0 Å². The van der Waals surface area contributed by atoms with Crippen molar-refractivity contribution < 1.29 is 35.0 Å². The van der Waals surface area contributed by atoms with Gasteiger partial charge in [0.2, 0.25) is 0 Å². The maximum absolute atomic E-state index is 8.74. The SMILES string of the molecule is CC(C)C(C)(N)C(C)C.O=S(=O)(O)O.O=S(=O)(O)O. The van der Waals surface area contributed by atoms with Crippen LogP contribution in [0.25, 0.3) is 0 Å². The standard InChI is InChI=1S/C8H19N.2H2O4S/c1-6(2)8(5,9)7(3)4;2*1-5(2,3)4/h6-7H,9H2,1-5H3;2*(H2,1,2,3,4). The van der Waals surface area contributed by atoms with Gasteiger partial charge in [-0.1, -0.05) is 27.7 Å². The minimum Gasteiger partial charge on any atom is -0.325 e. The van der Waals surface area contributed by atoms with Crippen LogP contribution in [0.3, 0.4) is 0 Å². The van der Waals surface area contributed by atoms with Crippen molar-refractivity contribution in [1.29, 1.82) is 0 Å². The molecule has 0 aliphatic carbocycles. The van der Waals surface area contributed by atoms with Crippen LogP contribution in [0.15, 0.2) is 0 Å². The molecule has 19 heavy (non-hydrogen) atoms. The van der Waals surface area contributed by atoms with Gasteiger partial charge in [0.15, 0.2) is 0 Å². The smallest absolute Gasteiger partial charge is 0.325 e. The molecular weight excluding hydrogens is 302 g/mol. The minimum absolute atomic E-state index is 0.000000000000000222. The summed E-state index contributed by atoms with van der Waals surface area (Å²) >= 11 is 0. The van der Waals surface area contributed by atoms with E-state index in [1.807, 2.05) is 0 Å². The van der Waals surface area contributed by atoms with Gasteiger partial charge < -0.3 is 5.73 Å². The van der Waals surface area contributed by atoms with Gasteiger partial charge in [-0.05, 0) is 18.8 Å². The normalized spacial score (nSPS) is 12.4. The summed E-state index contributed by atoms with van der Waals surface area (Å²) in [5.41, 5.74) is 6.00. The third-order valence-corrected chi connectivity index (χ3v) is 2.49. The van der Waals surface area contributed by atoms with Crippen LogP contribution in [0.5, 0.6) is 0 Å². The summed E-state index contributed by atoms with van der Waals surface area (Å²) in [7, 11) is -9.33. The first-order valence-corrected chi connectivity index (χ1v) is 7.87. The summed E-state index contributed by atoms with van der Waals surface area (Å²) in [5, 5.41) is 0. The van der Waals surface area contributed by atoms with E-state index in [2.05, 4.69) is 34.6 Å². The second-order valence-corrected chi connectivity index (χ2v) is 6.36. The Morgan fingerprint density at radius 3 is 0.895 bits per heavy atom. The molecule has 0 unspecified atom stereocenters. The third-order valence-electron chi connectivity index (χ3n) is 2.49. The van der Waals surface area contributed by atoms with Gasteiger partial charge in [-0.3, -0.25) is 18.2 Å². The third kappa shape index (κ3) is 31.9. The van der Waals surface area contributed by atoms with Crippen molar-refractivity contribution in [2.75, 3.05) is 0 Å². The van der Waals surface area contributed by atoms with E-state index in [9.17, 15) is 0 Å². The van der Waals surface area contributed by atoms with Crippen molar-refractivity contribution in [1.82, 2.24) is 0 Å². The van der Waals surface area contributed by atoms with E-state index in [0.717, 1.165) is 0 Å². The van der Waals surface area contributed by atoms with E-state index < -0.39 is 20.8 Å². The van der Waals surface area contributed by atoms with Gasteiger partial charge in [-0.25, -0.2) is 0 Å².